The largest absolute Gasteiger partial charge is 0.482 e. The van der Waals surface area contributed by atoms with Gasteiger partial charge in [0.25, 0.3) is 11.6 Å². The summed E-state index contributed by atoms with van der Waals surface area (Å²) in [5.74, 6) is -0.174. The smallest absolute Gasteiger partial charge is 0.282 e. The number of ether oxygens (including phenoxy) is 1. The van der Waals surface area contributed by atoms with Crippen LogP contribution in [0.25, 0.3) is 0 Å². The summed E-state index contributed by atoms with van der Waals surface area (Å²) >= 11 is 0. The second-order valence-corrected chi connectivity index (χ2v) is 6.88. The van der Waals surface area contributed by atoms with E-state index in [4.69, 9.17) is 4.74 Å². The fourth-order valence-corrected chi connectivity index (χ4v) is 3.10. The van der Waals surface area contributed by atoms with Crippen LogP contribution in [-0.4, -0.2) is 22.7 Å². The van der Waals surface area contributed by atoms with Crippen molar-refractivity contribution in [3.05, 3.63) is 100 Å². The number of amides is 1. The Labute approximate surface area is 179 Å². The van der Waals surface area contributed by atoms with Crippen LogP contribution >= 0.6 is 0 Å². The molecule has 7 heteroatoms. The maximum Gasteiger partial charge on any atom is 0.282 e. The van der Waals surface area contributed by atoms with Gasteiger partial charge in [-0.1, -0.05) is 55.8 Å². The molecule has 0 aliphatic rings. The van der Waals surface area contributed by atoms with E-state index in [1.165, 1.54) is 18.2 Å². The Morgan fingerprint density at radius 1 is 0.968 bits per heavy atom. The lowest BCUT2D eigenvalue weighted by Gasteiger charge is -2.18. The summed E-state index contributed by atoms with van der Waals surface area (Å²) < 4.78 is 5.91. The molecule has 0 aliphatic heterocycles. The van der Waals surface area contributed by atoms with Crippen molar-refractivity contribution >= 4 is 23.1 Å². The number of Topliss-reactive ketones (excluding diaryl/α,β-unsaturated/α-hetero) is 1. The second kappa shape index (κ2) is 10.2. The van der Waals surface area contributed by atoms with Gasteiger partial charge in [0.15, 0.2) is 6.10 Å². The highest BCUT2D eigenvalue weighted by atomic mass is 16.6. The van der Waals surface area contributed by atoms with Crippen molar-refractivity contribution in [1.29, 1.82) is 0 Å². The van der Waals surface area contributed by atoms with Crippen molar-refractivity contribution in [1.82, 2.24) is 0 Å². The summed E-state index contributed by atoms with van der Waals surface area (Å²) in [6, 6.07) is 21.3. The number of para-hydroxylation sites is 1. The van der Waals surface area contributed by atoms with Gasteiger partial charge >= 0.3 is 0 Å². The zero-order valence-electron chi connectivity index (χ0n) is 17.0. The van der Waals surface area contributed by atoms with E-state index in [9.17, 15) is 19.7 Å². The molecule has 3 aromatic carbocycles. The van der Waals surface area contributed by atoms with Gasteiger partial charge in [-0.25, -0.2) is 0 Å². The Hall–Kier alpha value is -4.00. The molecule has 0 saturated carbocycles. The van der Waals surface area contributed by atoms with E-state index in [-0.39, 0.29) is 17.0 Å². The standard InChI is InChI=1S/C24H22N2O5/c1-2-8-22(23(27)17-9-4-3-5-10-17)31-19-15-13-18(14-16-19)25-24(28)20-11-6-7-12-21(20)26(29)30/h3-7,9-16,22H,2,8H2,1H3,(H,25,28). The van der Waals surface area contributed by atoms with Gasteiger partial charge in [-0.05, 0) is 36.8 Å². The fraction of sp³-hybridized carbons (Fsp3) is 0.167. The molecular formula is C24H22N2O5. The second-order valence-electron chi connectivity index (χ2n) is 6.88. The van der Waals surface area contributed by atoms with Crippen LogP contribution in [0.3, 0.4) is 0 Å². The van der Waals surface area contributed by atoms with Gasteiger partial charge in [-0.15, -0.1) is 0 Å². The SMILES string of the molecule is CCCC(Oc1ccc(NC(=O)c2ccccc2[N+](=O)[O-])cc1)C(=O)c1ccccc1. The molecule has 7 nitrogen and oxygen atoms in total. The first-order chi connectivity index (χ1) is 15.0. The van der Waals surface area contributed by atoms with E-state index in [0.717, 1.165) is 6.42 Å². The highest BCUT2D eigenvalue weighted by Crippen LogP contribution is 2.22. The molecule has 3 aromatic rings. The number of hydrogen-bond acceptors (Lipinski definition) is 5. The number of carbonyl (C=O) groups excluding carboxylic acids is 2. The molecule has 158 valence electrons. The molecule has 0 aromatic heterocycles. The van der Waals surface area contributed by atoms with E-state index in [1.807, 2.05) is 25.1 Å². The van der Waals surface area contributed by atoms with Crippen molar-refractivity contribution in [3.63, 3.8) is 0 Å². The first-order valence-corrected chi connectivity index (χ1v) is 9.90. The van der Waals surface area contributed by atoms with Crippen LogP contribution in [0.1, 0.15) is 40.5 Å². The summed E-state index contributed by atoms with van der Waals surface area (Å²) in [6.07, 6.45) is 0.747. The zero-order valence-corrected chi connectivity index (χ0v) is 17.0. The third-order valence-electron chi connectivity index (χ3n) is 4.64. The van der Waals surface area contributed by atoms with Crippen molar-refractivity contribution in [3.8, 4) is 5.75 Å². The minimum absolute atomic E-state index is 0.0238. The number of ketones is 1. The molecule has 0 aliphatic carbocycles. The summed E-state index contributed by atoms with van der Waals surface area (Å²) in [4.78, 5) is 35.7. The Morgan fingerprint density at radius 3 is 2.26 bits per heavy atom. The highest BCUT2D eigenvalue weighted by Gasteiger charge is 2.22. The molecule has 31 heavy (non-hydrogen) atoms. The van der Waals surface area contributed by atoms with Crippen LogP contribution in [0.5, 0.6) is 5.75 Å². The maximum absolute atomic E-state index is 12.8. The number of hydrogen-bond donors (Lipinski definition) is 1. The van der Waals surface area contributed by atoms with Gasteiger partial charge in [0, 0.05) is 17.3 Å². The molecule has 1 amide bonds. The molecule has 0 spiro atoms. The van der Waals surface area contributed by atoms with Crippen molar-refractivity contribution in [2.45, 2.75) is 25.9 Å². The minimum atomic E-state index is -0.611. The van der Waals surface area contributed by atoms with Gasteiger partial charge in [0.2, 0.25) is 5.78 Å². The minimum Gasteiger partial charge on any atom is -0.482 e. The summed E-state index contributed by atoms with van der Waals surface area (Å²) in [6.45, 7) is 1.98. The lowest BCUT2D eigenvalue weighted by Crippen LogP contribution is -2.27. The van der Waals surface area contributed by atoms with E-state index >= 15 is 0 Å². The molecule has 0 heterocycles. The Balaban J connectivity index is 1.70. The number of nitro benzene ring substituents is 1. The summed E-state index contributed by atoms with van der Waals surface area (Å²) in [7, 11) is 0. The number of benzene rings is 3. The van der Waals surface area contributed by atoms with Crippen LogP contribution in [0, 0.1) is 10.1 Å². The van der Waals surface area contributed by atoms with Crippen molar-refractivity contribution in [2.24, 2.45) is 0 Å². The lowest BCUT2D eigenvalue weighted by atomic mass is 10.0. The van der Waals surface area contributed by atoms with E-state index < -0.39 is 16.9 Å². The normalized spacial score (nSPS) is 11.4. The van der Waals surface area contributed by atoms with E-state index in [2.05, 4.69) is 5.32 Å². The predicted octanol–water partition coefficient (Wildman–Crippen LogP) is 5.28. The van der Waals surface area contributed by atoms with Crippen molar-refractivity contribution < 1.29 is 19.2 Å². The topological polar surface area (TPSA) is 98.5 Å². The predicted molar refractivity (Wildman–Crippen MR) is 118 cm³/mol. The molecule has 1 atom stereocenters. The molecule has 0 saturated heterocycles. The average molecular weight is 418 g/mol. The Morgan fingerprint density at radius 2 is 1.61 bits per heavy atom. The highest BCUT2D eigenvalue weighted by molar-refractivity contribution is 6.07. The molecule has 3 rings (SSSR count). The Kier molecular flexibility index (Phi) is 7.11. The van der Waals surface area contributed by atoms with Crippen LogP contribution in [0.15, 0.2) is 78.9 Å². The maximum atomic E-state index is 12.8. The van der Waals surface area contributed by atoms with E-state index in [1.54, 1.807) is 42.5 Å². The van der Waals surface area contributed by atoms with Crippen molar-refractivity contribution in [2.75, 3.05) is 5.32 Å². The van der Waals surface area contributed by atoms with Gasteiger partial charge in [0.1, 0.15) is 11.3 Å². The van der Waals surface area contributed by atoms with Gasteiger partial charge in [0.05, 0.1) is 4.92 Å². The number of carbonyl (C=O) groups is 2. The van der Waals surface area contributed by atoms with Gasteiger partial charge < -0.3 is 10.1 Å². The van der Waals surface area contributed by atoms with Gasteiger partial charge in [-0.2, -0.15) is 0 Å². The van der Waals surface area contributed by atoms with E-state index in [0.29, 0.717) is 23.4 Å². The number of nitrogens with one attached hydrogen (secondary N) is 1. The molecular weight excluding hydrogens is 396 g/mol. The molecule has 0 radical (unpaired) electrons. The molecule has 0 fully saturated rings. The molecule has 0 bridgehead atoms. The first-order valence-electron chi connectivity index (χ1n) is 9.90. The lowest BCUT2D eigenvalue weighted by molar-refractivity contribution is -0.385. The van der Waals surface area contributed by atoms with Crippen LogP contribution in [-0.2, 0) is 0 Å². The monoisotopic (exact) mass is 418 g/mol. The van der Waals surface area contributed by atoms with Gasteiger partial charge in [-0.3, -0.25) is 19.7 Å². The quantitative estimate of drug-likeness (QED) is 0.290. The summed E-state index contributed by atoms with van der Waals surface area (Å²) in [5, 5.41) is 13.8. The Bertz CT molecular complexity index is 1060. The average Bonchev–Trinajstić information content (AvgIpc) is 2.80. The number of anilines is 1. The first kappa shape index (κ1) is 21.7. The molecule has 1 N–H and O–H groups in total. The third-order valence-corrected chi connectivity index (χ3v) is 4.64. The fourth-order valence-electron chi connectivity index (χ4n) is 3.10. The van der Waals surface area contributed by atoms with Crippen LogP contribution in [0.4, 0.5) is 11.4 Å². The summed E-state index contributed by atoms with van der Waals surface area (Å²) in [5.41, 5.74) is 0.761. The number of nitro groups is 1. The van der Waals surface area contributed by atoms with Crippen LogP contribution in [0.2, 0.25) is 0 Å². The molecule has 1 unspecified atom stereocenters. The van der Waals surface area contributed by atoms with Crippen LogP contribution < -0.4 is 10.1 Å². The zero-order chi connectivity index (χ0) is 22.2. The number of nitrogens with zero attached hydrogens (tertiary/aromatic N) is 1. The third kappa shape index (κ3) is 5.54. The number of rotatable bonds is 9.